The van der Waals surface area contributed by atoms with Gasteiger partial charge >= 0.3 is 0 Å². The van der Waals surface area contributed by atoms with E-state index in [4.69, 9.17) is 11.8 Å². The van der Waals surface area contributed by atoms with Gasteiger partial charge in [-0.3, -0.25) is 4.79 Å². The molecule has 1 aromatic heterocycles. The molecular formula is C15H10BrClF2N2O. The lowest BCUT2D eigenvalue weighted by atomic mass is 9.95. The number of fused-ring (bicyclic) bond motifs is 3. The van der Waals surface area contributed by atoms with Crippen molar-refractivity contribution in [2.75, 3.05) is 6.54 Å². The van der Waals surface area contributed by atoms with Gasteiger partial charge in [0.1, 0.15) is 0 Å². The van der Waals surface area contributed by atoms with Crippen LogP contribution in [0.3, 0.4) is 0 Å². The van der Waals surface area contributed by atoms with Gasteiger partial charge in [0.15, 0.2) is 0 Å². The number of aromatic nitrogens is 1. The molecule has 3 nitrogen and oxygen atoms in total. The van der Waals surface area contributed by atoms with Crippen molar-refractivity contribution in [1.29, 1.82) is 0 Å². The third-order valence-electron chi connectivity index (χ3n) is 3.52. The fourth-order valence-electron chi connectivity index (χ4n) is 2.57. The molecule has 0 saturated heterocycles. The largest absolute Gasteiger partial charge is 0.329 e. The highest BCUT2D eigenvalue weighted by Gasteiger charge is 2.33. The molecule has 0 bridgehead atoms. The lowest BCUT2D eigenvalue weighted by Gasteiger charge is -2.19. The Kier molecular flexibility index (Phi) is 3.92. The average molecular weight is 388 g/mol. The van der Waals surface area contributed by atoms with Crippen LogP contribution in [0.2, 0.25) is 0 Å². The van der Waals surface area contributed by atoms with Crippen molar-refractivity contribution in [2.45, 2.75) is 5.92 Å². The van der Waals surface area contributed by atoms with E-state index in [0.717, 1.165) is 0 Å². The first-order chi connectivity index (χ1) is 10.4. The van der Waals surface area contributed by atoms with Gasteiger partial charge in [0, 0.05) is 16.2 Å². The fourth-order valence-corrected chi connectivity index (χ4v) is 3.09. The number of rotatable bonds is 3. The summed E-state index contributed by atoms with van der Waals surface area (Å²) in [5.74, 6) is -3.16. The lowest BCUT2D eigenvalue weighted by molar-refractivity contribution is 0.00395. The summed E-state index contributed by atoms with van der Waals surface area (Å²) < 4.78 is 29.5. The molecule has 0 saturated carbocycles. The number of hydrogen-bond acceptors (Lipinski definition) is 2. The van der Waals surface area contributed by atoms with Crippen LogP contribution in [0.1, 0.15) is 5.56 Å². The van der Waals surface area contributed by atoms with Gasteiger partial charge in [0.2, 0.25) is 0 Å². The summed E-state index contributed by atoms with van der Waals surface area (Å²) in [5.41, 5.74) is -0.479. The number of hydrogen-bond donors (Lipinski definition) is 2. The maximum absolute atomic E-state index is 14.4. The Bertz CT molecular complexity index is 926. The number of alkyl halides is 2. The van der Waals surface area contributed by atoms with Gasteiger partial charge in [0.25, 0.3) is 11.5 Å². The van der Waals surface area contributed by atoms with Crippen molar-refractivity contribution in [3.05, 3.63) is 56.9 Å². The van der Waals surface area contributed by atoms with Crippen molar-refractivity contribution in [2.24, 2.45) is 0 Å². The minimum atomic E-state index is -3.16. The summed E-state index contributed by atoms with van der Waals surface area (Å²) >= 11 is 8.58. The Balaban J connectivity index is 2.50. The fraction of sp³-hybridized carbons (Fsp3) is 0.133. The molecule has 3 rings (SSSR count). The topological polar surface area (TPSA) is 44.9 Å². The standard InChI is InChI=1S/C15H10BrClF2N2O/c16-9-1-2-10-11(6-9)13-8(3-4-20-14(13)22)5-12(10)15(18,19)7-21-17/h1-6,21H,7H2,(H,20,22). The Morgan fingerprint density at radius 3 is 2.73 bits per heavy atom. The zero-order chi connectivity index (χ0) is 15.9. The number of H-pyrrole nitrogens is 1. The summed E-state index contributed by atoms with van der Waals surface area (Å²) in [4.78, 5) is 16.7. The Morgan fingerprint density at radius 2 is 2.00 bits per heavy atom. The molecule has 7 heteroatoms. The van der Waals surface area contributed by atoms with E-state index < -0.39 is 12.5 Å². The van der Waals surface area contributed by atoms with Crippen LogP contribution in [0.5, 0.6) is 0 Å². The van der Waals surface area contributed by atoms with Crippen LogP contribution < -0.4 is 10.4 Å². The predicted molar refractivity (Wildman–Crippen MR) is 87.5 cm³/mol. The Labute approximate surface area is 137 Å². The maximum atomic E-state index is 14.4. The molecule has 2 N–H and O–H groups in total. The van der Waals surface area contributed by atoms with E-state index in [1.807, 2.05) is 4.84 Å². The van der Waals surface area contributed by atoms with Crippen molar-refractivity contribution >= 4 is 49.3 Å². The van der Waals surface area contributed by atoms with Gasteiger partial charge in [-0.15, -0.1) is 0 Å². The second-order valence-corrected chi connectivity index (χ2v) is 6.08. The third kappa shape index (κ3) is 2.51. The molecule has 0 fully saturated rings. The molecule has 0 spiro atoms. The van der Waals surface area contributed by atoms with Gasteiger partial charge in [0.05, 0.1) is 11.9 Å². The van der Waals surface area contributed by atoms with Crippen LogP contribution in [-0.4, -0.2) is 11.5 Å². The number of halogens is 4. The summed E-state index contributed by atoms with van der Waals surface area (Å²) in [6, 6.07) is 7.85. The molecule has 1 heterocycles. The molecule has 3 aromatic rings. The summed E-state index contributed by atoms with van der Waals surface area (Å²) in [5, 5.41) is 1.64. The first-order valence-electron chi connectivity index (χ1n) is 6.39. The zero-order valence-corrected chi connectivity index (χ0v) is 13.4. The highest BCUT2D eigenvalue weighted by atomic mass is 79.9. The Morgan fingerprint density at radius 1 is 1.23 bits per heavy atom. The van der Waals surface area contributed by atoms with Crippen molar-refractivity contribution < 1.29 is 8.78 Å². The maximum Gasteiger partial charge on any atom is 0.287 e. The van der Waals surface area contributed by atoms with E-state index >= 15 is 0 Å². The van der Waals surface area contributed by atoms with Crippen molar-refractivity contribution in [3.8, 4) is 0 Å². The van der Waals surface area contributed by atoms with E-state index in [1.54, 1.807) is 24.3 Å². The van der Waals surface area contributed by atoms with E-state index in [0.29, 0.717) is 26.0 Å². The third-order valence-corrected chi connectivity index (χ3v) is 4.14. The van der Waals surface area contributed by atoms with Crippen LogP contribution in [-0.2, 0) is 5.92 Å². The number of benzene rings is 2. The molecule has 0 aliphatic carbocycles. The second kappa shape index (κ2) is 5.61. The predicted octanol–water partition coefficient (Wildman–Crippen LogP) is 4.28. The van der Waals surface area contributed by atoms with E-state index in [-0.39, 0.29) is 11.1 Å². The molecular weight excluding hydrogens is 378 g/mol. The first-order valence-corrected chi connectivity index (χ1v) is 7.56. The molecule has 0 aliphatic heterocycles. The SMILES string of the molecule is O=c1[nH]ccc2cc(C(F)(F)CNCl)c3ccc(Br)cc3c12. The Hall–Kier alpha value is -1.50. The van der Waals surface area contributed by atoms with Gasteiger partial charge in [-0.05, 0) is 52.2 Å². The lowest BCUT2D eigenvalue weighted by Crippen LogP contribution is -2.26. The second-order valence-electron chi connectivity index (χ2n) is 4.90. The number of aromatic amines is 1. The van der Waals surface area contributed by atoms with Crippen LogP contribution in [0.15, 0.2) is 45.8 Å². The molecule has 0 atom stereocenters. The minimum Gasteiger partial charge on any atom is -0.329 e. The van der Waals surface area contributed by atoms with Crippen LogP contribution in [0.4, 0.5) is 8.78 Å². The first kappa shape index (κ1) is 15.4. The van der Waals surface area contributed by atoms with E-state index in [1.165, 1.54) is 12.3 Å². The summed E-state index contributed by atoms with van der Waals surface area (Å²) in [7, 11) is 0. The van der Waals surface area contributed by atoms with Crippen LogP contribution in [0, 0.1) is 0 Å². The van der Waals surface area contributed by atoms with Crippen molar-refractivity contribution in [3.63, 3.8) is 0 Å². The molecule has 0 amide bonds. The normalized spacial score (nSPS) is 12.2. The van der Waals surface area contributed by atoms with Crippen molar-refractivity contribution in [1.82, 2.24) is 9.82 Å². The smallest absolute Gasteiger partial charge is 0.287 e. The highest BCUT2D eigenvalue weighted by molar-refractivity contribution is 9.10. The molecule has 0 unspecified atom stereocenters. The van der Waals surface area contributed by atoms with Gasteiger partial charge in [-0.25, -0.2) is 4.84 Å². The monoisotopic (exact) mass is 386 g/mol. The van der Waals surface area contributed by atoms with Crippen LogP contribution in [0.25, 0.3) is 21.5 Å². The quantitative estimate of drug-likeness (QED) is 0.520. The highest BCUT2D eigenvalue weighted by Crippen LogP contribution is 2.37. The van der Waals surface area contributed by atoms with Gasteiger partial charge in [-0.2, -0.15) is 8.78 Å². The van der Waals surface area contributed by atoms with Gasteiger partial charge < -0.3 is 4.98 Å². The van der Waals surface area contributed by atoms with E-state index in [2.05, 4.69) is 20.9 Å². The molecule has 2 aromatic carbocycles. The molecule has 0 aliphatic rings. The zero-order valence-electron chi connectivity index (χ0n) is 11.1. The number of pyridine rings is 1. The van der Waals surface area contributed by atoms with Gasteiger partial charge in [-0.1, -0.05) is 22.0 Å². The minimum absolute atomic E-state index is 0.166. The molecule has 22 heavy (non-hydrogen) atoms. The average Bonchev–Trinajstić information content (AvgIpc) is 2.46. The van der Waals surface area contributed by atoms with E-state index in [9.17, 15) is 13.6 Å². The molecule has 0 radical (unpaired) electrons. The summed E-state index contributed by atoms with van der Waals surface area (Å²) in [6.07, 6.45) is 1.44. The molecule has 114 valence electrons. The van der Waals surface area contributed by atoms with Crippen LogP contribution >= 0.6 is 27.7 Å². The number of nitrogens with one attached hydrogen (secondary N) is 2. The summed E-state index contributed by atoms with van der Waals surface area (Å²) in [6.45, 7) is -0.700.